The highest BCUT2D eigenvalue weighted by molar-refractivity contribution is 5.77. The third-order valence-corrected chi connectivity index (χ3v) is 3.09. The number of hydrogen-bond acceptors (Lipinski definition) is 4. The Kier molecular flexibility index (Phi) is 8.37. The maximum atomic E-state index is 11.8. The molecule has 106 valence electrons. The Balaban J connectivity index is 3.99. The third kappa shape index (κ3) is 6.59. The van der Waals surface area contributed by atoms with Gasteiger partial charge in [0.1, 0.15) is 0 Å². The molecule has 0 spiro atoms. The predicted octanol–water partition coefficient (Wildman–Crippen LogP) is 1.02. The van der Waals surface area contributed by atoms with Gasteiger partial charge in [-0.1, -0.05) is 13.8 Å². The van der Waals surface area contributed by atoms with Crippen LogP contribution in [0.2, 0.25) is 0 Å². The average molecular weight is 258 g/mol. The fourth-order valence-electron chi connectivity index (χ4n) is 1.78. The average Bonchev–Trinajstić information content (AvgIpc) is 2.34. The largest absolute Gasteiger partial charge is 0.469 e. The minimum Gasteiger partial charge on any atom is -0.469 e. The molecule has 1 amide bonds. The number of esters is 1. The molecule has 2 atom stereocenters. The minimum atomic E-state index is -0.287. The van der Waals surface area contributed by atoms with Gasteiger partial charge in [0.05, 0.1) is 13.0 Å². The van der Waals surface area contributed by atoms with E-state index in [9.17, 15) is 9.59 Å². The van der Waals surface area contributed by atoms with Crippen molar-refractivity contribution in [2.45, 2.75) is 33.1 Å². The van der Waals surface area contributed by atoms with Crippen LogP contribution in [0.3, 0.4) is 0 Å². The van der Waals surface area contributed by atoms with Crippen molar-refractivity contribution < 1.29 is 14.3 Å². The number of nitrogens with two attached hydrogens (primary N) is 1. The lowest BCUT2D eigenvalue weighted by atomic mass is 10.0. The summed E-state index contributed by atoms with van der Waals surface area (Å²) >= 11 is 0. The molecule has 0 aromatic carbocycles. The molecule has 0 bridgehead atoms. The number of ether oxygens (including phenoxy) is 1. The van der Waals surface area contributed by atoms with E-state index in [0.717, 1.165) is 12.8 Å². The Bertz CT molecular complexity index is 269. The smallest absolute Gasteiger partial charge is 0.310 e. The van der Waals surface area contributed by atoms with E-state index in [4.69, 9.17) is 5.73 Å². The molecular weight excluding hydrogens is 232 g/mol. The predicted molar refractivity (Wildman–Crippen MR) is 70.9 cm³/mol. The van der Waals surface area contributed by atoms with Crippen LogP contribution in [-0.4, -0.2) is 44.0 Å². The first-order chi connectivity index (χ1) is 8.42. The van der Waals surface area contributed by atoms with Gasteiger partial charge in [-0.3, -0.25) is 9.59 Å². The van der Waals surface area contributed by atoms with Crippen molar-refractivity contribution in [1.82, 2.24) is 4.90 Å². The van der Waals surface area contributed by atoms with Gasteiger partial charge in [0.25, 0.3) is 0 Å². The van der Waals surface area contributed by atoms with Crippen molar-refractivity contribution in [2.75, 3.05) is 27.2 Å². The lowest BCUT2D eigenvalue weighted by Crippen LogP contribution is -2.34. The maximum absolute atomic E-state index is 11.8. The van der Waals surface area contributed by atoms with E-state index in [1.54, 1.807) is 18.9 Å². The first-order valence-corrected chi connectivity index (χ1v) is 6.44. The summed E-state index contributed by atoms with van der Waals surface area (Å²) in [5, 5.41) is 0. The molecule has 0 heterocycles. The molecule has 0 aliphatic carbocycles. The van der Waals surface area contributed by atoms with Crippen LogP contribution < -0.4 is 5.73 Å². The standard InChI is InChI=1S/C13H26N2O3/c1-10(7-8-14)5-6-12(16)15(3)9-11(2)13(17)18-4/h10-11H,5-9,14H2,1-4H3. The molecular formula is C13H26N2O3. The second-order valence-corrected chi connectivity index (χ2v) is 4.92. The van der Waals surface area contributed by atoms with E-state index in [1.807, 2.05) is 0 Å². The molecule has 0 aromatic heterocycles. The Labute approximate surface area is 110 Å². The van der Waals surface area contributed by atoms with Crippen LogP contribution in [0.25, 0.3) is 0 Å². The van der Waals surface area contributed by atoms with Crippen molar-refractivity contribution in [2.24, 2.45) is 17.6 Å². The molecule has 0 aliphatic rings. The molecule has 0 saturated heterocycles. The zero-order valence-corrected chi connectivity index (χ0v) is 11.9. The molecule has 0 fully saturated rings. The Morgan fingerprint density at radius 3 is 2.39 bits per heavy atom. The number of methoxy groups -OCH3 is 1. The van der Waals surface area contributed by atoms with Crippen molar-refractivity contribution in [1.29, 1.82) is 0 Å². The van der Waals surface area contributed by atoms with Crippen LogP contribution in [0.15, 0.2) is 0 Å². The van der Waals surface area contributed by atoms with Crippen LogP contribution in [-0.2, 0) is 14.3 Å². The third-order valence-electron chi connectivity index (χ3n) is 3.09. The van der Waals surface area contributed by atoms with Crippen LogP contribution in [0.4, 0.5) is 0 Å². The number of amides is 1. The van der Waals surface area contributed by atoms with Crippen LogP contribution in [0, 0.1) is 11.8 Å². The van der Waals surface area contributed by atoms with Crippen molar-refractivity contribution in [3.63, 3.8) is 0 Å². The second-order valence-electron chi connectivity index (χ2n) is 4.92. The molecule has 0 aromatic rings. The molecule has 2 N–H and O–H groups in total. The molecule has 5 nitrogen and oxygen atoms in total. The summed E-state index contributed by atoms with van der Waals surface area (Å²) in [6.07, 6.45) is 2.29. The second kappa shape index (κ2) is 8.91. The van der Waals surface area contributed by atoms with Gasteiger partial charge in [0.15, 0.2) is 0 Å². The van der Waals surface area contributed by atoms with Gasteiger partial charge in [-0.2, -0.15) is 0 Å². The van der Waals surface area contributed by atoms with Crippen LogP contribution >= 0.6 is 0 Å². The number of rotatable bonds is 8. The summed E-state index contributed by atoms with van der Waals surface area (Å²) in [5.41, 5.74) is 5.46. The lowest BCUT2D eigenvalue weighted by molar-refractivity contribution is -0.146. The van der Waals surface area contributed by atoms with E-state index in [-0.39, 0.29) is 17.8 Å². The van der Waals surface area contributed by atoms with Crippen molar-refractivity contribution in [3.05, 3.63) is 0 Å². The lowest BCUT2D eigenvalue weighted by Gasteiger charge is -2.21. The van der Waals surface area contributed by atoms with Gasteiger partial charge in [-0.15, -0.1) is 0 Å². The summed E-state index contributed by atoms with van der Waals surface area (Å²) in [7, 11) is 3.07. The van der Waals surface area contributed by atoms with Crippen LogP contribution in [0.1, 0.15) is 33.1 Å². The molecule has 18 heavy (non-hydrogen) atoms. The normalized spacial score (nSPS) is 13.8. The summed E-state index contributed by atoms with van der Waals surface area (Å²) in [6.45, 7) is 4.91. The topological polar surface area (TPSA) is 72.6 Å². The van der Waals surface area contributed by atoms with Gasteiger partial charge in [-0.25, -0.2) is 0 Å². The van der Waals surface area contributed by atoms with Crippen molar-refractivity contribution in [3.8, 4) is 0 Å². The molecule has 0 saturated carbocycles. The molecule has 0 radical (unpaired) electrons. The zero-order valence-electron chi connectivity index (χ0n) is 11.9. The zero-order chi connectivity index (χ0) is 14.1. The summed E-state index contributed by atoms with van der Waals surface area (Å²) in [6, 6.07) is 0. The van der Waals surface area contributed by atoms with E-state index in [1.165, 1.54) is 7.11 Å². The van der Waals surface area contributed by atoms with Crippen LogP contribution in [0.5, 0.6) is 0 Å². The Morgan fingerprint density at radius 1 is 1.28 bits per heavy atom. The highest BCUT2D eigenvalue weighted by Gasteiger charge is 2.18. The molecule has 0 rings (SSSR count). The first-order valence-electron chi connectivity index (χ1n) is 6.44. The Morgan fingerprint density at radius 2 is 1.89 bits per heavy atom. The van der Waals surface area contributed by atoms with Crippen molar-refractivity contribution >= 4 is 11.9 Å². The SMILES string of the molecule is COC(=O)C(C)CN(C)C(=O)CCC(C)CCN. The number of nitrogens with zero attached hydrogens (tertiary/aromatic N) is 1. The number of carbonyl (C=O) groups excluding carboxylic acids is 2. The number of hydrogen-bond donors (Lipinski definition) is 1. The molecule has 0 aliphatic heterocycles. The van der Waals surface area contributed by atoms with Gasteiger partial charge in [0.2, 0.25) is 5.91 Å². The van der Waals surface area contributed by atoms with Gasteiger partial charge < -0.3 is 15.4 Å². The Hall–Kier alpha value is -1.10. The minimum absolute atomic E-state index is 0.0645. The van der Waals surface area contributed by atoms with Gasteiger partial charge in [-0.05, 0) is 25.3 Å². The van der Waals surface area contributed by atoms with Gasteiger partial charge >= 0.3 is 5.97 Å². The van der Waals surface area contributed by atoms with E-state index in [2.05, 4.69) is 11.7 Å². The molecule has 5 heteroatoms. The van der Waals surface area contributed by atoms with Gasteiger partial charge in [0, 0.05) is 20.0 Å². The molecule has 2 unspecified atom stereocenters. The fraction of sp³-hybridized carbons (Fsp3) is 0.846. The summed E-state index contributed by atoms with van der Waals surface area (Å²) in [5.74, 6) is -0.0448. The summed E-state index contributed by atoms with van der Waals surface area (Å²) < 4.78 is 4.63. The first kappa shape index (κ1) is 16.9. The van der Waals surface area contributed by atoms with E-state index in [0.29, 0.717) is 25.4 Å². The quantitative estimate of drug-likeness (QED) is 0.660. The highest BCUT2D eigenvalue weighted by atomic mass is 16.5. The maximum Gasteiger partial charge on any atom is 0.310 e. The summed E-state index contributed by atoms with van der Waals surface area (Å²) in [4.78, 5) is 24.7. The fourth-order valence-corrected chi connectivity index (χ4v) is 1.78. The number of carbonyl (C=O) groups is 2. The monoisotopic (exact) mass is 258 g/mol. The van der Waals surface area contributed by atoms with E-state index >= 15 is 0 Å². The highest BCUT2D eigenvalue weighted by Crippen LogP contribution is 2.11. The van der Waals surface area contributed by atoms with E-state index < -0.39 is 0 Å².